The number of hydrogen-bond acceptors (Lipinski definition) is 8. The van der Waals surface area contributed by atoms with Crippen molar-refractivity contribution < 1.29 is 27.4 Å². The van der Waals surface area contributed by atoms with Crippen LogP contribution in [0.2, 0.25) is 0 Å². The van der Waals surface area contributed by atoms with Crippen LogP contribution >= 0.6 is 11.8 Å². The smallest absolute Gasteiger partial charge is 0.416 e. The number of esters is 1. The molecule has 0 amide bonds. The van der Waals surface area contributed by atoms with Gasteiger partial charge in [0.05, 0.1) is 28.5 Å². The standard InChI is InChI=1S/C36H39F3N4O3S/c1-25(24-46-31-13-11-26-7-2-3-8-28(26)34(31)40)35(44)45-22-21-42-19-17-41(18-20-42)15-6-16-43-29-9-4-5-10-32(29)47-33-14-12-27(23-30(33)43)36(37,38)39/h2-5,7-14,23,25H,6,15-22,24,40H2,1H3. The van der Waals surface area contributed by atoms with Crippen LogP contribution < -0.4 is 15.4 Å². The second-order valence-electron chi connectivity index (χ2n) is 12.0. The number of piperazine rings is 1. The zero-order chi connectivity index (χ0) is 33.0. The van der Waals surface area contributed by atoms with Crippen molar-refractivity contribution in [2.45, 2.75) is 29.3 Å². The highest BCUT2D eigenvalue weighted by molar-refractivity contribution is 7.99. The second-order valence-corrected chi connectivity index (χ2v) is 13.1. The zero-order valence-electron chi connectivity index (χ0n) is 26.3. The Balaban J connectivity index is 0.924. The van der Waals surface area contributed by atoms with E-state index < -0.39 is 17.7 Å². The molecule has 1 fully saturated rings. The van der Waals surface area contributed by atoms with E-state index in [1.807, 2.05) is 65.6 Å². The van der Waals surface area contributed by atoms with Crippen LogP contribution in [0.3, 0.4) is 0 Å². The third kappa shape index (κ3) is 7.80. The Bertz CT molecular complexity index is 1710. The summed E-state index contributed by atoms with van der Waals surface area (Å²) in [6.45, 7) is 7.89. The highest BCUT2D eigenvalue weighted by Gasteiger charge is 2.33. The van der Waals surface area contributed by atoms with E-state index in [1.54, 1.807) is 13.0 Å². The monoisotopic (exact) mass is 664 g/mol. The third-order valence-electron chi connectivity index (χ3n) is 8.75. The Morgan fingerprint density at radius 2 is 1.57 bits per heavy atom. The predicted molar refractivity (Wildman–Crippen MR) is 180 cm³/mol. The quantitative estimate of drug-likeness (QED) is 0.132. The minimum absolute atomic E-state index is 0.178. The van der Waals surface area contributed by atoms with E-state index in [2.05, 4.69) is 9.80 Å². The van der Waals surface area contributed by atoms with Gasteiger partial charge in [-0.1, -0.05) is 54.2 Å². The van der Waals surface area contributed by atoms with Crippen molar-refractivity contribution in [2.75, 3.05) is 69.7 Å². The van der Waals surface area contributed by atoms with Crippen LogP contribution in [0.4, 0.5) is 30.2 Å². The Morgan fingerprint density at radius 1 is 0.872 bits per heavy atom. The van der Waals surface area contributed by atoms with Crippen molar-refractivity contribution in [1.82, 2.24) is 9.80 Å². The van der Waals surface area contributed by atoms with E-state index in [4.69, 9.17) is 15.2 Å². The van der Waals surface area contributed by atoms with Crippen LogP contribution in [0.25, 0.3) is 10.8 Å². The van der Waals surface area contributed by atoms with Gasteiger partial charge in [-0.05, 0) is 61.7 Å². The summed E-state index contributed by atoms with van der Waals surface area (Å²) in [6, 6.07) is 23.5. The molecule has 2 N–H and O–H groups in total. The summed E-state index contributed by atoms with van der Waals surface area (Å²) >= 11 is 1.51. The van der Waals surface area contributed by atoms with Crippen LogP contribution in [-0.2, 0) is 15.7 Å². The highest BCUT2D eigenvalue weighted by atomic mass is 32.2. The molecule has 0 aromatic heterocycles. The van der Waals surface area contributed by atoms with E-state index in [0.717, 1.165) is 71.5 Å². The second kappa shape index (κ2) is 14.5. The first-order chi connectivity index (χ1) is 22.7. The number of carbonyl (C=O) groups is 1. The molecule has 0 aliphatic carbocycles. The topological polar surface area (TPSA) is 71.3 Å². The van der Waals surface area contributed by atoms with E-state index >= 15 is 0 Å². The van der Waals surface area contributed by atoms with Crippen molar-refractivity contribution in [2.24, 2.45) is 5.92 Å². The molecule has 248 valence electrons. The lowest BCUT2D eigenvalue weighted by Gasteiger charge is -2.36. The first-order valence-electron chi connectivity index (χ1n) is 15.9. The van der Waals surface area contributed by atoms with Gasteiger partial charge in [0.2, 0.25) is 0 Å². The molecule has 6 rings (SSSR count). The van der Waals surface area contributed by atoms with Crippen LogP contribution in [0.5, 0.6) is 5.75 Å². The fourth-order valence-corrected chi connectivity index (χ4v) is 7.11. The van der Waals surface area contributed by atoms with Crippen molar-refractivity contribution in [3.8, 4) is 5.75 Å². The maximum Gasteiger partial charge on any atom is 0.416 e. The van der Waals surface area contributed by atoms with E-state index in [9.17, 15) is 18.0 Å². The molecule has 2 heterocycles. The number of carbonyl (C=O) groups excluding carboxylic acids is 1. The molecule has 1 saturated heterocycles. The largest absolute Gasteiger partial charge is 0.491 e. The Kier molecular flexibility index (Phi) is 10.1. The maximum atomic E-state index is 13.5. The summed E-state index contributed by atoms with van der Waals surface area (Å²) in [4.78, 5) is 21.2. The number of nitrogens with two attached hydrogens (primary N) is 1. The van der Waals surface area contributed by atoms with Crippen molar-refractivity contribution in [3.63, 3.8) is 0 Å². The maximum absolute atomic E-state index is 13.5. The van der Waals surface area contributed by atoms with Gasteiger partial charge >= 0.3 is 12.1 Å². The molecule has 11 heteroatoms. The van der Waals surface area contributed by atoms with Crippen LogP contribution in [0.1, 0.15) is 18.9 Å². The average Bonchev–Trinajstić information content (AvgIpc) is 3.07. The molecule has 1 unspecified atom stereocenters. The third-order valence-corrected chi connectivity index (χ3v) is 9.88. The summed E-state index contributed by atoms with van der Waals surface area (Å²) < 4.78 is 52.0. The minimum Gasteiger partial charge on any atom is -0.491 e. The van der Waals surface area contributed by atoms with Crippen molar-refractivity contribution in [3.05, 3.63) is 84.4 Å². The van der Waals surface area contributed by atoms with Gasteiger partial charge in [-0.3, -0.25) is 9.69 Å². The molecule has 4 aromatic rings. The number of benzene rings is 4. The number of hydrogen-bond donors (Lipinski definition) is 1. The Morgan fingerprint density at radius 3 is 2.36 bits per heavy atom. The van der Waals surface area contributed by atoms with Gasteiger partial charge in [0.15, 0.2) is 0 Å². The highest BCUT2D eigenvalue weighted by Crippen LogP contribution is 2.49. The van der Waals surface area contributed by atoms with Gasteiger partial charge in [0, 0.05) is 54.4 Å². The number of rotatable bonds is 11. The van der Waals surface area contributed by atoms with Gasteiger partial charge < -0.3 is 25.0 Å². The lowest BCUT2D eigenvalue weighted by atomic mass is 10.1. The fraction of sp³-hybridized carbons (Fsp3) is 0.361. The molecule has 7 nitrogen and oxygen atoms in total. The lowest BCUT2D eigenvalue weighted by Crippen LogP contribution is -2.47. The summed E-state index contributed by atoms with van der Waals surface area (Å²) in [7, 11) is 0. The molecule has 2 aliphatic rings. The molecular formula is C36H39F3N4O3S. The minimum atomic E-state index is -4.39. The number of para-hydroxylation sites is 1. The molecule has 2 aliphatic heterocycles. The van der Waals surface area contributed by atoms with Crippen molar-refractivity contribution in [1.29, 1.82) is 0 Å². The fourth-order valence-electron chi connectivity index (χ4n) is 6.04. The number of nitrogens with zero attached hydrogens (tertiary/aromatic N) is 3. The number of fused-ring (bicyclic) bond motifs is 3. The van der Waals surface area contributed by atoms with Gasteiger partial charge in [-0.15, -0.1) is 0 Å². The number of alkyl halides is 3. The van der Waals surface area contributed by atoms with E-state index in [-0.39, 0.29) is 12.6 Å². The molecule has 4 aromatic carbocycles. The van der Waals surface area contributed by atoms with Gasteiger partial charge in [-0.25, -0.2) is 0 Å². The number of halogens is 3. The van der Waals surface area contributed by atoms with Gasteiger partial charge in [0.25, 0.3) is 0 Å². The normalized spacial score (nSPS) is 16.0. The molecule has 0 radical (unpaired) electrons. The Labute approximate surface area is 277 Å². The molecule has 0 spiro atoms. The molecular weight excluding hydrogens is 625 g/mol. The SMILES string of the molecule is CC(COc1ccc2ccccc2c1N)C(=O)OCCN1CCN(CCCN2c3ccccc3Sc3ccc(C(F)(F)F)cc32)CC1. The summed E-state index contributed by atoms with van der Waals surface area (Å²) in [6.07, 6.45) is -3.57. The zero-order valence-corrected chi connectivity index (χ0v) is 27.2. The first-order valence-corrected chi connectivity index (χ1v) is 16.8. The number of nitrogen functional groups attached to an aromatic ring is 1. The van der Waals surface area contributed by atoms with Crippen molar-refractivity contribution >= 4 is 45.6 Å². The van der Waals surface area contributed by atoms with E-state index in [1.165, 1.54) is 17.8 Å². The van der Waals surface area contributed by atoms with E-state index in [0.29, 0.717) is 36.8 Å². The number of anilines is 3. The van der Waals surface area contributed by atoms with Gasteiger partial charge in [0.1, 0.15) is 19.0 Å². The molecule has 0 bridgehead atoms. The van der Waals surface area contributed by atoms with Crippen LogP contribution in [0, 0.1) is 5.92 Å². The van der Waals surface area contributed by atoms with Gasteiger partial charge in [-0.2, -0.15) is 13.2 Å². The lowest BCUT2D eigenvalue weighted by molar-refractivity contribution is -0.149. The molecule has 1 atom stereocenters. The predicted octanol–water partition coefficient (Wildman–Crippen LogP) is 7.31. The Hall–Kier alpha value is -3.93. The van der Waals surface area contributed by atoms with Crippen LogP contribution in [-0.4, -0.2) is 74.8 Å². The first kappa shape index (κ1) is 33.0. The average molecular weight is 665 g/mol. The summed E-state index contributed by atoms with van der Waals surface area (Å²) in [5.41, 5.74) is 7.77. The summed E-state index contributed by atoms with van der Waals surface area (Å²) in [5, 5.41) is 1.95. The molecule has 0 saturated carbocycles. The summed E-state index contributed by atoms with van der Waals surface area (Å²) in [5.74, 6) is -0.179. The molecule has 47 heavy (non-hydrogen) atoms. The van der Waals surface area contributed by atoms with Crippen LogP contribution in [0.15, 0.2) is 88.7 Å². The number of ether oxygens (including phenoxy) is 2.